The van der Waals surface area contributed by atoms with Crippen LogP contribution in [0.5, 0.6) is 0 Å². The molecule has 140 valence electrons. The number of carbonyl (C=O) groups is 4. The van der Waals surface area contributed by atoms with Crippen molar-refractivity contribution in [3.8, 4) is 0 Å². The molecule has 0 bridgehead atoms. The lowest BCUT2D eigenvalue weighted by molar-refractivity contribution is -0.135. The van der Waals surface area contributed by atoms with Crippen molar-refractivity contribution >= 4 is 23.9 Å². The van der Waals surface area contributed by atoms with Gasteiger partial charge in [-0.3, -0.25) is 19.2 Å². The Kier molecular flexibility index (Phi) is 35.1. The molecular weight excluding hydrogens is 316 g/mol. The highest BCUT2D eigenvalue weighted by atomic mass is 16.4. The summed E-state index contributed by atoms with van der Waals surface area (Å²) >= 11 is 0. The van der Waals surface area contributed by atoms with Crippen LogP contribution < -0.4 is 11.5 Å². The highest BCUT2D eigenvalue weighted by molar-refractivity contribution is 5.63. The van der Waals surface area contributed by atoms with E-state index < -0.39 is 30.0 Å². The maximum atomic E-state index is 9.00. The molecule has 0 saturated carbocycles. The van der Waals surface area contributed by atoms with E-state index in [1.165, 1.54) is 0 Å². The van der Waals surface area contributed by atoms with Gasteiger partial charge in [-0.2, -0.15) is 0 Å². The topological polar surface area (TPSA) is 221 Å². The first-order chi connectivity index (χ1) is 10.1. The Labute approximate surface area is 134 Å². The van der Waals surface area contributed by atoms with Crippen LogP contribution in [0.3, 0.4) is 0 Å². The van der Waals surface area contributed by atoms with Crippen molar-refractivity contribution in [2.75, 3.05) is 6.54 Å². The SMILES string of the molecule is CC(=O)O.CC(=O)O.CC(=O)O.CC(=O)O.CC(O)C(N)CN. The molecule has 0 fully saturated rings. The van der Waals surface area contributed by atoms with Gasteiger partial charge >= 0.3 is 0 Å². The minimum absolute atomic E-state index is 0.264. The molecule has 0 aliphatic carbocycles. The fourth-order valence-electron chi connectivity index (χ4n) is 0.197. The Balaban J connectivity index is -0.0000000604. The van der Waals surface area contributed by atoms with Crippen LogP contribution in [-0.2, 0) is 19.2 Å². The fraction of sp³-hybridized carbons (Fsp3) is 0.667. The Bertz CT molecular complexity index is 256. The van der Waals surface area contributed by atoms with Gasteiger partial charge < -0.3 is 37.0 Å². The van der Waals surface area contributed by atoms with E-state index >= 15 is 0 Å². The summed E-state index contributed by atoms with van der Waals surface area (Å²) in [4.78, 5) is 36.0. The molecule has 11 heteroatoms. The number of aliphatic hydroxyl groups excluding tert-OH is 1. The zero-order chi connectivity index (χ0) is 20.2. The number of aliphatic hydroxyl groups is 1. The Morgan fingerprint density at radius 2 is 0.913 bits per heavy atom. The molecule has 0 aromatic carbocycles. The van der Waals surface area contributed by atoms with Crippen molar-refractivity contribution < 1.29 is 44.7 Å². The molecule has 0 aliphatic rings. The third kappa shape index (κ3) is 441. The van der Waals surface area contributed by atoms with Crippen molar-refractivity contribution in [3.05, 3.63) is 0 Å². The van der Waals surface area contributed by atoms with Crippen LogP contribution in [0.15, 0.2) is 0 Å². The maximum Gasteiger partial charge on any atom is 0.300 e. The maximum absolute atomic E-state index is 9.00. The standard InChI is InChI=1S/C4H12N2O.4C2H4O2/c1-3(7)4(6)2-5;4*1-2(3)4/h3-4,7H,2,5-6H2,1H3;4*1H3,(H,3,4). The second-order valence-corrected chi connectivity index (χ2v) is 3.72. The number of hydrogen-bond donors (Lipinski definition) is 7. The van der Waals surface area contributed by atoms with Crippen LogP contribution in [0, 0.1) is 0 Å². The van der Waals surface area contributed by atoms with Crippen molar-refractivity contribution in [3.63, 3.8) is 0 Å². The van der Waals surface area contributed by atoms with E-state index in [1.54, 1.807) is 6.92 Å². The first-order valence-electron chi connectivity index (χ1n) is 6.03. The summed E-state index contributed by atoms with van der Waals surface area (Å²) in [5.74, 6) is -3.33. The lowest BCUT2D eigenvalue weighted by Gasteiger charge is -2.09. The molecule has 0 saturated heterocycles. The molecule has 11 nitrogen and oxygen atoms in total. The molecular formula is C12H28N2O9. The van der Waals surface area contributed by atoms with Crippen molar-refractivity contribution in [2.45, 2.75) is 46.8 Å². The van der Waals surface area contributed by atoms with Gasteiger partial charge in [0.15, 0.2) is 0 Å². The molecule has 23 heavy (non-hydrogen) atoms. The van der Waals surface area contributed by atoms with Crippen molar-refractivity contribution in [2.24, 2.45) is 11.5 Å². The molecule has 0 rings (SSSR count). The van der Waals surface area contributed by atoms with Gasteiger partial charge in [0.05, 0.1) is 6.10 Å². The van der Waals surface area contributed by atoms with Crippen molar-refractivity contribution in [1.82, 2.24) is 0 Å². The minimum atomic E-state index is -0.833. The summed E-state index contributed by atoms with van der Waals surface area (Å²) in [5.41, 5.74) is 10.3. The second-order valence-electron chi connectivity index (χ2n) is 3.72. The zero-order valence-electron chi connectivity index (χ0n) is 13.9. The molecule has 0 aliphatic heterocycles. The number of nitrogens with two attached hydrogens (primary N) is 2. The smallest absolute Gasteiger partial charge is 0.300 e. The summed E-state index contributed by atoms with van der Waals surface area (Å²) in [6, 6.07) is -0.264. The highest BCUT2D eigenvalue weighted by Gasteiger charge is 2.03. The van der Waals surface area contributed by atoms with Crippen LogP contribution in [0.1, 0.15) is 34.6 Å². The zero-order valence-corrected chi connectivity index (χ0v) is 13.9. The van der Waals surface area contributed by atoms with Crippen LogP contribution in [0.4, 0.5) is 0 Å². The van der Waals surface area contributed by atoms with E-state index in [0.717, 1.165) is 27.7 Å². The van der Waals surface area contributed by atoms with Gasteiger partial charge in [0, 0.05) is 40.3 Å². The summed E-state index contributed by atoms with van der Waals surface area (Å²) in [7, 11) is 0. The van der Waals surface area contributed by atoms with Gasteiger partial charge in [0.1, 0.15) is 0 Å². The molecule has 0 radical (unpaired) electrons. The van der Waals surface area contributed by atoms with Crippen LogP contribution in [-0.4, -0.2) is 68.1 Å². The molecule has 0 aromatic rings. The van der Waals surface area contributed by atoms with Crippen LogP contribution in [0.2, 0.25) is 0 Å². The molecule has 0 heterocycles. The van der Waals surface area contributed by atoms with Gasteiger partial charge in [-0.15, -0.1) is 0 Å². The fourth-order valence-corrected chi connectivity index (χ4v) is 0.197. The van der Waals surface area contributed by atoms with Crippen LogP contribution >= 0.6 is 0 Å². The summed E-state index contributed by atoms with van der Waals surface area (Å²) in [6.45, 7) is 6.30. The monoisotopic (exact) mass is 344 g/mol. The largest absolute Gasteiger partial charge is 0.481 e. The minimum Gasteiger partial charge on any atom is -0.481 e. The molecule has 9 N–H and O–H groups in total. The molecule has 0 aromatic heterocycles. The normalized spacial score (nSPS) is 10.1. The average Bonchev–Trinajstić information content (AvgIpc) is 2.24. The number of carboxylic acid groups (broad SMARTS) is 4. The number of aliphatic carboxylic acids is 4. The quantitative estimate of drug-likeness (QED) is 0.322. The van der Waals surface area contributed by atoms with E-state index in [4.69, 9.17) is 56.2 Å². The van der Waals surface area contributed by atoms with Gasteiger partial charge in [-0.25, -0.2) is 0 Å². The van der Waals surface area contributed by atoms with E-state index in [0.29, 0.717) is 6.54 Å². The van der Waals surface area contributed by atoms with Gasteiger partial charge in [0.25, 0.3) is 23.9 Å². The summed E-state index contributed by atoms with van der Waals surface area (Å²) in [6.07, 6.45) is -0.481. The van der Waals surface area contributed by atoms with Crippen LogP contribution in [0.25, 0.3) is 0 Å². The third-order valence-corrected chi connectivity index (χ3v) is 0.892. The molecule has 0 spiro atoms. The first kappa shape index (κ1) is 32.6. The van der Waals surface area contributed by atoms with Gasteiger partial charge in [-0.1, -0.05) is 0 Å². The number of hydrogen-bond acceptors (Lipinski definition) is 7. The molecule has 2 unspecified atom stereocenters. The third-order valence-electron chi connectivity index (χ3n) is 0.892. The average molecular weight is 344 g/mol. The predicted octanol–water partition coefficient (Wildman–Crippen LogP) is -0.983. The highest BCUT2D eigenvalue weighted by Crippen LogP contribution is 1.81. The van der Waals surface area contributed by atoms with E-state index in [2.05, 4.69) is 0 Å². The summed E-state index contributed by atoms with van der Waals surface area (Å²) < 4.78 is 0. The van der Waals surface area contributed by atoms with Gasteiger partial charge in [0.2, 0.25) is 0 Å². The number of carboxylic acids is 4. The lowest BCUT2D eigenvalue weighted by Crippen LogP contribution is -2.39. The Morgan fingerprint density at radius 3 is 0.913 bits per heavy atom. The lowest BCUT2D eigenvalue weighted by atomic mass is 10.2. The van der Waals surface area contributed by atoms with E-state index in [-0.39, 0.29) is 6.04 Å². The van der Waals surface area contributed by atoms with Crippen molar-refractivity contribution in [1.29, 1.82) is 0 Å². The first-order valence-corrected chi connectivity index (χ1v) is 6.03. The Morgan fingerprint density at radius 1 is 0.783 bits per heavy atom. The second kappa shape index (κ2) is 24.8. The van der Waals surface area contributed by atoms with E-state index in [9.17, 15) is 0 Å². The van der Waals surface area contributed by atoms with E-state index in [1.807, 2.05) is 0 Å². The Hall–Kier alpha value is -2.24. The number of rotatable bonds is 2. The molecule has 0 amide bonds. The molecule has 2 atom stereocenters. The van der Waals surface area contributed by atoms with Gasteiger partial charge in [-0.05, 0) is 6.92 Å². The predicted molar refractivity (Wildman–Crippen MR) is 81.9 cm³/mol. The summed E-state index contributed by atoms with van der Waals surface area (Å²) in [5, 5.41) is 38.3.